The minimum absolute atomic E-state index is 0.0925. The molecule has 2 rings (SSSR count). The summed E-state index contributed by atoms with van der Waals surface area (Å²) >= 11 is 3.17. The van der Waals surface area contributed by atoms with Gasteiger partial charge in [-0.2, -0.15) is 0 Å². The quantitative estimate of drug-likeness (QED) is 0.902. The molecule has 0 spiro atoms. The van der Waals surface area contributed by atoms with Gasteiger partial charge in [0.1, 0.15) is 5.82 Å². The Morgan fingerprint density at radius 3 is 2.60 bits per heavy atom. The first kappa shape index (κ1) is 14.5. The third-order valence-corrected chi connectivity index (χ3v) is 3.27. The molecule has 0 saturated carbocycles. The summed E-state index contributed by atoms with van der Waals surface area (Å²) in [5, 5.41) is 0. The molecule has 2 amide bonds. The van der Waals surface area contributed by atoms with Gasteiger partial charge < -0.3 is 11.5 Å². The molecule has 4 N–H and O–H groups in total. The molecule has 0 bridgehead atoms. The lowest BCUT2D eigenvalue weighted by Crippen LogP contribution is -2.32. The zero-order valence-corrected chi connectivity index (χ0v) is 12.1. The largest absolute Gasteiger partial charge is 0.351 e. The summed E-state index contributed by atoms with van der Waals surface area (Å²) in [5.74, 6) is -0.545. The summed E-state index contributed by atoms with van der Waals surface area (Å²) in [6.07, 6.45) is 0. The van der Waals surface area contributed by atoms with Gasteiger partial charge in [0, 0.05) is 11.0 Å². The highest BCUT2D eigenvalue weighted by atomic mass is 79.9. The van der Waals surface area contributed by atoms with E-state index >= 15 is 0 Å². The van der Waals surface area contributed by atoms with Crippen LogP contribution in [0.4, 0.5) is 20.6 Å². The first-order chi connectivity index (χ1) is 9.52. The van der Waals surface area contributed by atoms with Crippen molar-refractivity contribution in [2.24, 2.45) is 11.5 Å². The number of hydrogen-bond donors (Lipinski definition) is 2. The number of primary amides is 1. The monoisotopic (exact) mass is 337 g/mol. The number of carbonyl (C=O) groups is 1. The molecule has 6 heteroatoms. The summed E-state index contributed by atoms with van der Waals surface area (Å²) in [4.78, 5) is 12.8. The zero-order valence-electron chi connectivity index (χ0n) is 10.5. The van der Waals surface area contributed by atoms with E-state index in [1.807, 2.05) is 6.07 Å². The van der Waals surface area contributed by atoms with Gasteiger partial charge in [0.2, 0.25) is 0 Å². The summed E-state index contributed by atoms with van der Waals surface area (Å²) in [7, 11) is 0. The second-order valence-corrected chi connectivity index (χ2v) is 5.06. The molecule has 0 unspecified atom stereocenters. The van der Waals surface area contributed by atoms with E-state index in [9.17, 15) is 9.18 Å². The Bertz CT molecular complexity index is 648. The number of nitrogens with two attached hydrogens (primary N) is 2. The van der Waals surface area contributed by atoms with Crippen LogP contribution >= 0.6 is 15.9 Å². The van der Waals surface area contributed by atoms with E-state index < -0.39 is 11.8 Å². The summed E-state index contributed by atoms with van der Waals surface area (Å²) < 4.78 is 14.6. The van der Waals surface area contributed by atoms with Gasteiger partial charge in [0.05, 0.1) is 11.4 Å². The minimum atomic E-state index is -0.764. The Hall–Kier alpha value is -1.92. The standard InChI is InChI=1S/C14H13BrFN3O/c15-10-4-5-13(12(16)7-10)19(14(18)20)11-3-1-2-9(6-11)8-17/h1-7H,8,17H2,(H2,18,20). The highest BCUT2D eigenvalue weighted by Crippen LogP contribution is 2.30. The molecule has 0 aliphatic carbocycles. The zero-order chi connectivity index (χ0) is 14.7. The number of hydrogen-bond acceptors (Lipinski definition) is 2. The number of carbonyl (C=O) groups excluding carboxylic acids is 1. The van der Waals surface area contributed by atoms with Crippen LogP contribution in [0.1, 0.15) is 5.56 Å². The van der Waals surface area contributed by atoms with Crippen LogP contribution in [0.5, 0.6) is 0 Å². The van der Waals surface area contributed by atoms with Gasteiger partial charge in [-0.3, -0.25) is 4.90 Å². The molecule has 2 aromatic rings. The van der Waals surface area contributed by atoms with Crippen molar-refractivity contribution >= 4 is 33.3 Å². The lowest BCUT2D eigenvalue weighted by Gasteiger charge is -2.21. The van der Waals surface area contributed by atoms with Crippen LogP contribution in [-0.2, 0) is 6.54 Å². The molecule has 4 nitrogen and oxygen atoms in total. The number of anilines is 2. The van der Waals surface area contributed by atoms with Crippen molar-refractivity contribution in [1.29, 1.82) is 0 Å². The summed E-state index contributed by atoms with van der Waals surface area (Å²) in [6, 6.07) is 10.6. The summed E-state index contributed by atoms with van der Waals surface area (Å²) in [6.45, 7) is 0.323. The summed E-state index contributed by atoms with van der Waals surface area (Å²) in [5.41, 5.74) is 12.3. The molecule has 2 aromatic carbocycles. The predicted molar refractivity (Wildman–Crippen MR) is 80.2 cm³/mol. The van der Waals surface area contributed by atoms with Gasteiger partial charge in [0.15, 0.2) is 0 Å². The molecule has 0 aromatic heterocycles. The molecule has 0 heterocycles. The van der Waals surface area contributed by atoms with Crippen molar-refractivity contribution in [2.75, 3.05) is 4.90 Å². The first-order valence-electron chi connectivity index (χ1n) is 5.86. The van der Waals surface area contributed by atoms with E-state index in [2.05, 4.69) is 15.9 Å². The van der Waals surface area contributed by atoms with Crippen LogP contribution in [0, 0.1) is 5.82 Å². The second-order valence-electron chi connectivity index (χ2n) is 4.14. The number of urea groups is 1. The van der Waals surface area contributed by atoms with Crippen LogP contribution in [0.15, 0.2) is 46.9 Å². The fourth-order valence-electron chi connectivity index (χ4n) is 1.87. The van der Waals surface area contributed by atoms with Gasteiger partial charge >= 0.3 is 6.03 Å². The lowest BCUT2D eigenvalue weighted by molar-refractivity contribution is 0.256. The first-order valence-corrected chi connectivity index (χ1v) is 6.66. The van der Waals surface area contributed by atoms with Gasteiger partial charge in [-0.25, -0.2) is 9.18 Å². The van der Waals surface area contributed by atoms with E-state index in [-0.39, 0.29) is 5.69 Å². The Morgan fingerprint density at radius 2 is 2.00 bits per heavy atom. The molecule has 0 atom stereocenters. The van der Waals surface area contributed by atoms with E-state index in [4.69, 9.17) is 11.5 Å². The predicted octanol–water partition coefficient (Wildman–Crippen LogP) is 3.26. The number of rotatable bonds is 3. The second kappa shape index (κ2) is 6.02. The molecule has 104 valence electrons. The highest BCUT2D eigenvalue weighted by Gasteiger charge is 2.19. The van der Waals surface area contributed by atoms with Crippen molar-refractivity contribution in [3.63, 3.8) is 0 Å². The number of benzene rings is 2. The molecule has 0 saturated heterocycles. The topological polar surface area (TPSA) is 72.3 Å². The van der Waals surface area contributed by atoms with E-state index in [0.29, 0.717) is 16.7 Å². The maximum Gasteiger partial charge on any atom is 0.323 e. The fraction of sp³-hybridized carbons (Fsp3) is 0.0714. The molecule has 0 aliphatic rings. The maximum atomic E-state index is 14.0. The third kappa shape index (κ3) is 2.97. The number of halogens is 2. The third-order valence-electron chi connectivity index (χ3n) is 2.78. The average molecular weight is 338 g/mol. The van der Waals surface area contributed by atoms with Gasteiger partial charge in [-0.15, -0.1) is 0 Å². The van der Waals surface area contributed by atoms with Crippen molar-refractivity contribution in [3.05, 3.63) is 58.3 Å². The van der Waals surface area contributed by atoms with Crippen molar-refractivity contribution in [1.82, 2.24) is 0 Å². The van der Waals surface area contributed by atoms with Crippen LogP contribution in [0.2, 0.25) is 0 Å². The van der Waals surface area contributed by atoms with Crippen LogP contribution in [0.25, 0.3) is 0 Å². The van der Waals surface area contributed by atoms with E-state index in [1.54, 1.807) is 24.3 Å². The van der Waals surface area contributed by atoms with Gasteiger partial charge in [-0.1, -0.05) is 28.1 Å². The smallest absolute Gasteiger partial charge is 0.323 e. The van der Waals surface area contributed by atoms with Crippen LogP contribution < -0.4 is 16.4 Å². The van der Waals surface area contributed by atoms with Crippen LogP contribution in [0.3, 0.4) is 0 Å². The van der Waals surface area contributed by atoms with Crippen molar-refractivity contribution < 1.29 is 9.18 Å². The van der Waals surface area contributed by atoms with Crippen molar-refractivity contribution in [3.8, 4) is 0 Å². The molecule has 0 aliphatic heterocycles. The van der Waals surface area contributed by atoms with E-state index in [1.165, 1.54) is 12.1 Å². The van der Waals surface area contributed by atoms with Crippen LogP contribution in [-0.4, -0.2) is 6.03 Å². The Morgan fingerprint density at radius 1 is 1.25 bits per heavy atom. The minimum Gasteiger partial charge on any atom is -0.351 e. The SMILES string of the molecule is NCc1cccc(N(C(N)=O)c2ccc(Br)cc2F)c1. The molecular weight excluding hydrogens is 325 g/mol. The Labute approximate surface area is 124 Å². The maximum absolute atomic E-state index is 14.0. The van der Waals surface area contributed by atoms with Gasteiger partial charge in [0.25, 0.3) is 0 Å². The van der Waals surface area contributed by atoms with Crippen molar-refractivity contribution in [2.45, 2.75) is 6.54 Å². The molecule has 20 heavy (non-hydrogen) atoms. The molecule has 0 fully saturated rings. The fourth-order valence-corrected chi connectivity index (χ4v) is 2.20. The number of amides is 2. The van der Waals surface area contributed by atoms with E-state index in [0.717, 1.165) is 10.5 Å². The Balaban J connectivity index is 2.53. The normalized spacial score (nSPS) is 10.3. The average Bonchev–Trinajstić information content (AvgIpc) is 2.41. The Kier molecular flexibility index (Phi) is 4.36. The highest BCUT2D eigenvalue weighted by molar-refractivity contribution is 9.10. The molecule has 0 radical (unpaired) electrons. The molecular formula is C14H13BrFN3O. The van der Waals surface area contributed by atoms with Gasteiger partial charge in [-0.05, 0) is 35.9 Å². The lowest BCUT2D eigenvalue weighted by atomic mass is 10.1. The number of nitrogens with zero attached hydrogens (tertiary/aromatic N) is 1.